The summed E-state index contributed by atoms with van der Waals surface area (Å²) in [6.45, 7) is 1.41. The molecule has 1 heterocycles. The molecule has 1 aromatic rings. The van der Waals surface area contributed by atoms with E-state index in [4.69, 9.17) is 4.42 Å². The molecule has 0 aliphatic heterocycles. The number of carbonyl (C=O) groups excluding carboxylic acids is 1. The number of allylic oxidation sites excluding steroid dienone is 1. The van der Waals surface area contributed by atoms with E-state index in [0.717, 1.165) is 0 Å². The summed E-state index contributed by atoms with van der Waals surface area (Å²) in [5, 5.41) is 10.6. The van der Waals surface area contributed by atoms with Crippen molar-refractivity contribution < 1.29 is 14.1 Å². The molecule has 0 aromatic carbocycles. The lowest BCUT2D eigenvalue weighted by Crippen LogP contribution is -2.01. The van der Waals surface area contributed by atoms with Gasteiger partial charge in [0.25, 0.3) is 0 Å². The minimum Gasteiger partial charge on any atom is -0.472 e. The molecule has 0 unspecified atom stereocenters. The molecule has 5 nitrogen and oxygen atoms in total. The highest BCUT2D eigenvalue weighted by Gasteiger charge is 2.11. The molecule has 1 rings (SSSR count). The van der Waals surface area contributed by atoms with Crippen molar-refractivity contribution >= 4 is 11.9 Å². The Kier molecular flexibility index (Phi) is 3.79. The number of carbonyl (C=O) groups is 1. The highest BCUT2D eigenvalue weighted by Crippen LogP contribution is 2.12. The molecular weight excluding hydrogens is 198 g/mol. The lowest BCUT2D eigenvalue weighted by molar-refractivity contribution is -0.426. The van der Waals surface area contributed by atoms with Crippen molar-refractivity contribution in [3.63, 3.8) is 0 Å². The van der Waals surface area contributed by atoms with Crippen LogP contribution in [0.3, 0.4) is 0 Å². The van der Waals surface area contributed by atoms with E-state index in [1.54, 1.807) is 6.07 Å². The molecular formula is C10H11NO4. The summed E-state index contributed by atoms with van der Waals surface area (Å²) in [7, 11) is 0. The van der Waals surface area contributed by atoms with Gasteiger partial charge in [0.05, 0.1) is 17.4 Å². The third-order valence-corrected chi connectivity index (χ3v) is 1.84. The standard InChI is InChI=1S/C10H11NO4/c1-8(12)2-3-10(11(13)14)6-9-4-5-15-7-9/h4-7H,2-3H2,1H3/b10-6+. The van der Waals surface area contributed by atoms with Gasteiger partial charge in [0.1, 0.15) is 5.78 Å². The smallest absolute Gasteiger partial charge is 0.247 e. The van der Waals surface area contributed by atoms with Crippen LogP contribution in [0.4, 0.5) is 0 Å². The molecule has 0 radical (unpaired) electrons. The van der Waals surface area contributed by atoms with Gasteiger partial charge in [-0.3, -0.25) is 10.1 Å². The quantitative estimate of drug-likeness (QED) is 0.550. The second kappa shape index (κ2) is 5.09. The molecule has 80 valence electrons. The SMILES string of the molecule is CC(=O)CC/C(=C\c1ccoc1)[N+](=O)[O-]. The van der Waals surface area contributed by atoms with Crippen LogP contribution in [0.2, 0.25) is 0 Å². The second-order valence-corrected chi connectivity index (χ2v) is 3.15. The summed E-state index contributed by atoms with van der Waals surface area (Å²) in [6, 6.07) is 1.62. The van der Waals surface area contributed by atoms with Gasteiger partial charge in [-0.05, 0) is 13.0 Å². The Labute approximate surface area is 86.5 Å². The minimum absolute atomic E-state index is 0.0200. The Balaban J connectivity index is 2.74. The van der Waals surface area contributed by atoms with Gasteiger partial charge < -0.3 is 9.21 Å². The Morgan fingerprint density at radius 2 is 2.33 bits per heavy atom. The second-order valence-electron chi connectivity index (χ2n) is 3.15. The maximum absolute atomic E-state index is 10.7. The first-order chi connectivity index (χ1) is 7.09. The van der Waals surface area contributed by atoms with Gasteiger partial charge in [0.15, 0.2) is 0 Å². The number of Topliss-reactive ketones (excluding diaryl/α,β-unsaturated/α-hetero) is 1. The van der Waals surface area contributed by atoms with Crippen molar-refractivity contribution in [1.29, 1.82) is 0 Å². The molecule has 0 saturated carbocycles. The third kappa shape index (κ3) is 3.76. The van der Waals surface area contributed by atoms with Crippen LogP contribution >= 0.6 is 0 Å². The fourth-order valence-corrected chi connectivity index (χ4v) is 1.07. The zero-order valence-electron chi connectivity index (χ0n) is 8.30. The Bertz CT molecular complexity index is 378. The fourth-order valence-electron chi connectivity index (χ4n) is 1.07. The Morgan fingerprint density at radius 1 is 1.60 bits per heavy atom. The zero-order chi connectivity index (χ0) is 11.3. The molecule has 0 N–H and O–H groups in total. The molecule has 5 heteroatoms. The molecule has 0 fully saturated rings. The maximum atomic E-state index is 10.7. The number of rotatable bonds is 5. The normalized spacial score (nSPS) is 11.4. The topological polar surface area (TPSA) is 73.3 Å². The molecule has 0 amide bonds. The monoisotopic (exact) mass is 209 g/mol. The van der Waals surface area contributed by atoms with E-state index in [-0.39, 0.29) is 24.3 Å². The van der Waals surface area contributed by atoms with E-state index in [1.807, 2.05) is 0 Å². The summed E-state index contributed by atoms with van der Waals surface area (Å²) in [5.74, 6) is -0.0602. The Morgan fingerprint density at radius 3 is 2.80 bits per heavy atom. The van der Waals surface area contributed by atoms with Crippen molar-refractivity contribution in [2.75, 3.05) is 0 Å². The largest absolute Gasteiger partial charge is 0.472 e. The lowest BCUT2D eigenvalue weighted by Gasteiger charge is -1.95. The van der Waals surface area contributed by atoms with Crippen molar-refractivity contribution in [1.82, 2.24) is 0 Å². The Hall–Kier alpha value is -1.91. The van der Waals surface area contributed by atoms with Gasteiger partial charge in [-0.25, -0.2) is 0 Å². The van der Waals surface area contributed by atoms with Gasteiger partial charge in [-0.15, -0.1) is 0 Å². The number of hydrogen-bond acceptors (Lipinski definition) is 4. The van der Waals surface area contributed by atoms with E-state index in [0.29, 0.717) is 5.56 Å². The van der Waals surface area contributed by atoms with E-state index in [2.05, 4.69) is 0 Å². The van der Waals surface area contributed by atoms with Crippen LogP contribution in [0.1, 0.15) is 25.3 Å². The predicted octanol–water partition coefficient (Wildman–Crippen LogP) is 2.27. The van der Waals surface area contributed by atoms with Crippen molar-refractivity contribution in [3.05, 3.63) is 40.0 Å². The number of nitro groups is 1. The van der Waals surface area contributed by atoms with Crippen molar-refractivity contribution in [2.45, 2.75) is 19.8 Å². The van der Waals surface area contributed by atoms with Crippen LogP contribution in [-0.2, 0) is 4.79 Å². The molecule has 15 heavy (non-hydrogen) atoms. The van der Waals surface area contributed by atoms with Crippen LogP contribution in [0, 0.1) is 10.1 Å². The van der Waals surface area contributed by atoms with Gasteiger partial charge in [0.2, 0.25) is 5.70 Å². The van der Waals surface area contributed by atoms with Crippen LogP contribution in [0.15, 0.2) is 28.7 Å². The summed E-state index contributed by atoms with van der Waals surface area (Å²) >= 11 is 0. The summed E-state index contributed by atoms with van der Waals surface area (Å²) in [4.78, 5) is 20.9. The third-order valence-electron chi connectivity index (χ3n) is 1.84. The summed E-state index contributed by atoms with van der Waals surface area (Å²) < 4.78 is 4.79. The van der Waals surface area contributed by atoms with Gasteiger partial charge in [-0.2, -0.15) is 0 Å². The summed E-state index contributed by atoms with van der Waals surface area (Å²) in [5.41, 5.74) is 0.650. The van der Waals surface area contributed by atoms with E-state index < -0.39 is 4.92 Å². The number of ketones is 1. The van der Waals surface area contributed by atoms with E-state index >= 15 is 0 Å². The fraction of sp³-hybridized carbons (Fsp3) is 0.300. The molecule has 0 aliphatic carbocycles. The molecule has 0 atom stereocenters. The minimum atomic E-state index is -0.476. The lowest BCUT2D eigenvalue weighted by atomic mass is 10.1. The first-order valence-corrected chi connectivity index (χ1v) is 4.46. The molecule has 0 saturated heterocycles. The molecule has 1 aromatic heterocycles. The first-order valence-electron chi connectivity index (χ1n) is 4.46. The highest BCUT2D eigenvalue weighted by atomic mass is 16.6. The van der Waals surface area contributed by atoms with Gasteiger partial charge in [0, 0.05) is 24.5 Å². The first kappa shape index (κ1) is 11.2. The average Bonchev–Trinajstić information content (AvgIpc) is 2.63. The summed E-state index contributed by atoms with van der Waals surface area (Å²) in [6.07, 6.45) is 4.59. The number of hydrogen-bond donors (Lipinski definition) is 0. The van der Waals surface area contributed by atoms with Gasteiger partial charge in [-0.1, -0.05) is 0 Å². The highest BCUT2D eigenvalue weighted by molar-refractivity contribution is 5.75. The van der Waals surface area contributed by atoms with Crippen LogP contribution in [-0.4, -0.2) is 10.7 Å². The van der Waals surface area contributed by atoms with E-state index in [9.17, 15) is 14.9 Å². The molecule has 0 aliphatic rings. The van der Waals surface area contributed by atoms with Crippen LogP contribution in [0.5, 0.6) is 0 Å². The average molecular weight is 209 g/mol. The zero-order valence-corrected chi connectivity index (χ0v) is 8.30. The van der Waals surface area contributed by atoms with Crippen molar-refractivity contribution in [3.8, 4) is 0 Å². The van der Waals surface area contributed by atoms with Crippen molar-refractivity contribution in [2.24, 2.45) is 0 Å². The predicted molar refractivity (Wildman–Crippen MR) is 53.6 cm³/mol. The van der Waals surface area contributed by atoms with Crippen LogP contribution < -0.4 is 0 Å². The molecule has 0 spiro atoms. The number of nitrogens with zero attached hydrogens (tertiary/aromatic N) is 1. The van der Waals surface area contributed by atoms with E-state index in [1.165, 1.54) is 25.5 Å². The van der Waals surface area contributed by atoms with Crippen LogP contribution in [0.25, 0.3) is 6.08 Å². The van der Waals surface area contributed by atoms with Gasteiger partial charge >= 0.3 is 0 Å². The maximum Gasteiger partial charge on any atom is 0.247 e. The molecule has 0 bridgehead atoms. The number of furan rings is 1.